The number of nitriles is 1. The van der Waals surface area contributed by atoms with Gasteiger partial charge in [0.05, 0.1) is 10.5 Å². The van der Waals surface area contributed by atoms with Gasteiger partial charge in [0, 0.05) is 18.8 Å². The fraction of sp³-hybridized carbons (Fsp3) is 0.278. The summed E-state index contributed by atoms with van der Waals surface area (Å²) in [6.07, 6.45) is 2.71. The van der Waals surface area contributed by atoms with Gasteiger partial charge in [0.15, 0.2) is 0 Å². The third-order valence-electron chi connectivity index (χ3n) is 3.99. The average molecular weight is 354 g/mol. The highest BCUT2D eigenvalue weighted by Crippen LogP contribution is 2.27. The van der Waals surface area contributed by atoms with Gasteiger partial charge >= 0.3 is 0 Å². The van der Waals surface area contributed by atoms with Crippen LogP contribution in [0.4, 0.5) is 11.4 Å². The van der Waals surface area contributed by atoms with E-state index in [0.29, 0.717) is 6.42 Å². The van der Waals surface area contributed by atoms with Crippen molar-refractivity contribution < 1.29 is 10.0 Å². The highest BCUT2D eigenvalue weighted by atomic mass is 16.6. The summed E-state index contributed by atoms with van der Waals surface area (Å²) in [5, 5.41) is 30.8. The molecule has 26 heavy (non-hydrogen) atoms. The molecule has 8 heteroatoms. The Labute approximate surface area is 149 Å². The van der Waals surface area contributed by atoms with Crippen LogP contribution in [0.5, 0.6) is 5.88 Å². The molecule has 0 amide bonds. The number of pyridine rings is 1. The number of hydrogen-bond donors (Lipinski definition) is 1. The van der Waals surface area contributed by atoms with Crippen LogP contribution in [-0.4, -0.2) is 20.8 Å². The van der Waals surface area contributed by atoms with E-state index in [9.17, 15) is 25.3 Å². The number of nitro benzene ring substituents is 1. The van der Waals surface area contributed by atoms with Gasteiger partial charge in [-0.1, -0.05) is 25.5 Å². The maximum absolute atomic E-state index is 12.4. The lowest BCUT2D eigenvalue weighted by molar-refractivity contribution is -0.384. The molecule has 0 spiro atoms. The van der Waals surface area contributed by atoms with Crippen LogP contribution in [0.25, 0.3) is 0 Å². The summed E-state index contributed by atoms with van der Waals surface area (Å²) in [4.78, 5) is 27.0. The second kappa shape index (κ2) is 8.07. The standard InChI is InChI=1S/C18H18N4O4/c1-3-4-9-21-17(23)13(10-19)12(2)14(18(21)24)11-20-15-7-5-6-8-16(15)22(25)26/h5-8,11,24H,3-4,9H2,1-2H3. The molecule has 1 aromatic carbocycles. The van der Waals surface area contributed by atoms with E-state index in [1.807, 2.05) is 13.0 Å². The number of nitro groups is 1. The summed E-state index contributed by atoms with van der Waals surface area (Å²) in [5.74, 6) is -0.303. The number of aromatic hydroxyl groups is 1. The Kier molecular flexibility index (Phi) is 5.86. The molecule has 134 valence electrons. The van der Waals surface area contributed by atoms with Crippen LogP contribution < -0.4 is 5.56 Å². The number of unbranched alkanes of at least 4 members (excludes halogenated alkanes) is 1. The highest BCUT2D eigenvalue weighted by molar-refractivity contribution is 5.88. The zero-order valence-corrected chi connectivity index (χ0v) is 14.5. The van der Waals surface area contributed by atoms with Gasteiger partial charge < -0.3 is 5.11 Å². The van der Waals surface area contributed by atoms with Crippen LogP contribution in [0.3, 0.4) is 0 Å². The van der Waals surface area contributed by atoms with E-state index in [-0.39, 0.29) is 40.5 Å². The van der Waals surface area contributed by atoms with Crippen molar-refractivity contribution in [3.63, 3.8) is 0 Å². The van der Waals surface area contributed by atoms with Crippen molar-refractivity contribution in [1.82, 2.24) is 4.57 Å². The van der Waals surface area contributed by atoms with Crippen molar-refractivity contribution in [1.29, 1.82) is 5.26 Å². The monoisotopic (exact) mass is 354 g/mol. The van der Waals surface area contributed by atoms with Gasteiger partial charge in [0.25, 0.3) is 11.2 Å². The summed E-state index contributed by atoms with van der Waals surface area (Å²) in [6, 6.07) is 7.79. The minimum atomic E-state index is -0.557. The van der Waals surface area contributed by atoms with E-state index in [2.05, 4.69) is 4.99 Å². The van der Waals surface area contributed by atoms with Crippen LogP contribution in [0.15, 0.2) is 34.1 Å². The van der Waals surface area contributed by atoms with Crippen molar-refractivity contribution in [2.45, 2.75) is 33.2 Å². The minimum absolute atomic E-state index is 0.0806. The molecule has 1 heterocycles. The molecule has 0 saturated heterocycles. The number of rotatable bonds is 6. The molecule has 0 unspecified atom stereocenters. The van der Waals surface area contributed by atoms with E-state index in [1.54, 1.807) is 6.07 Å². The largest absolute Gasteiger partial charge is 0.494 e. The van der Waals surface area contributed by atoms with Crippen LogP contribution in [-0.2, 0) is 6.54 Å². The number of para-hydroxylation sites is 2. The van der Waals surface area contributed by atoms with Gasteiger partial charge in [-0.15, -0.1) is 0 Å². The van der Waals surface area contributed by atoms with Crippen molar-refractivity contribution >= 4 is 17.6 Å². The van der Waals surface area contributed by atoms with Crippen molar-refractivity contribution in [3.8, 4) is 11.9 Å². The molecule has 1 aromatic heterocycles. The Morgan fingerprint density at radius 1 is 1.42 bits per heavy atom. The fourth-order valence-electron chi connectivity index (χ4n) is 2.51. The molecule has 0 aliphatic carbocycles. The molecule has 1 N–H and O–H groups in total. The third-order valence-corrected chi connectivity index (χ3v) is 3.99. The van der Waals surface area contributed by atoms with Crippen LogP contribution >= 0.6 is 0 Å². The molecule has 0 atom stereocenters. The molecular formula is C18H18N4O4. The summed E-state index contributed by atoms with van der Waals surface area (Å²) in [6.45, 7) is 3.74. The predicted octanol–water partition coefficient (Wildman–Crippen LogP) is 3.19. The summed E-state index contributed by atoms with van der Waals surface area (Å²) < 4.78 is 1.13. The Bertz CT molecular complexity index is 970. The second-order valence-electron chi connectivity index (χ2n) is 5.66. The summed E-state index contributed by atoms with van der Waals surface area (Å²) >= 11 is 0. The van der Waals surface area contributed by atoms with Crippen molar-refractivity contribution in [2.24, 2.45) is 4.99 Å². The normalized spacial score (nSPS) is 10.8. The first kappa shape index (κ1) is 18.9. The lowest BCUT2D eigenvalue weighted by Gasteiger charge is -2.13. The molecule has 8 nitrogen and oxygen atoms in total. The Hall–Kier alpha value is -3.47. The quantitative estimate of drug-likeness (QED) is 0.485. The first-order valence-electron chi connectivity index (χ1n) is 8.06. The lowest BCUT2D eigenvalue weighted by Crippen LogP contribution is -2.25. The smallest absolute Gasteiger partial charge is 0.294 e. The van der Waals surface area contributed by atoms with E-state index in [1.165, 1.54) is 31.3 Å². The zero-order valence-electron chi connectivity index (χ0n) is 14.5. The van der Waals surface area contributed by atoms with Gasteiger partial charge in [-0.05, 0) is 25.0 Å². The summed E-state index contributed by atoms with van der Waals surface area (Å²) in [7, 11) is 0. The Morgan fingerprint density at radius 2 is 2.12 bits per heavy atom. The SMILES string of the molecule is CCCCn1c(O)c(C=Nc2ccccc2[N+](=O)[O-])c(C)c(C#N)c1=O. The van der Waals surface area contributed by atoms with Gasteiger partial charge in [0.2, 0.25) is 5.88 Å². The highest BCUT2D eigenvalue weighted by Gasteiger charge is 2.18. The number of benzene rings is 1. The third kappa shape index (κ3) is 3.62. The van der Waals surface area contributed by atoms with Crippen molar-refractivity contribution in [2.75, 3.05) is 0 Å². The molecule has 2 aromatic rings. The predicted molar refractivity (Wildman–Crippen MR) is 97.1 cm³/mol. The van der Waals surface area contributed by atoms with Gasteiger partial charge in [-0.2, -0.15) is 5.26 Å². The molecule has 0 bridgehead atoms. The molecule has 0 aliphatic heterocycles. The van der Waals surface area contributed by atoms with E-state index >= 15 is 0 Å². The molecule has 2 rings (SSSR count). The van der Waals surface area contributed by atoms with E-state index in [4.69, 9.17) is 0 Å². The number of hydrogen-bond acceptors (Lipinski definition) is 6. The number of aromatic nitrogens is 1. The molecule has 0 aliphatic rings. The van der Waals surface area contributed by atoms with Crippen LogP contribution in [0.2, 0.25) is 0 Å². The molecule has 0 fully saturated rings. The van der Waals surface area contributed by atoms with Crippen LogP contribution in [0, 0.1) is 28.4 Å². The topological polar surface area (TPSA) is 122 Å². The second-order valence-corrected chi connectivity index (χ2v) is 5.66. The molecule has 0 radical (unpaired) electrons. The fourth-order valence-corrected chi connectivity index (χ4v) is 2.51. The van der Waals surface area contributed by atoms with Gasteiger partial charge in [-0.3, -0.25) is 19.5 Å². The average Bonchev–Trinajstić information content (AvgIpc) is 2.62. The van der Waals surface area contributed by atoms with E-state index in [0.717, 1.165) is 11.0 Å². The first-order valence-corrected chi connectivity index (χ1v) is 8.06. The number of aliphatic imine (C=N–C) groups is 1. The maximum Gasteiger partial charge on any atom is 0.294 e. The minimum Gasteiger partial charge on any atom is -0.494 e. The first-order chi connectivity index (χ1) is 12.4. The van der Waals surface area contributed by atoms with E-state index < -0.39 is 10.5 Å². The van der Waals surface area contributed by atoms with Crippen molar-refractivity contribution in [3.05, 3.63) is 61.4 Å². The summed E-state index contributed by atoms with van der Waals surface area (Å²) in [5.41, 5.74) is -0.232. The Balaban J connectivity index is 2.62. The zero-order chi connectivity index (χ0) is 19.3. The number of nitrogens with zero attached hydrogens (tertiary/aromatic N) is 4. The lowest BCUT2D eigenvalue weighted by atomic mass is 10.1. The maximum atomic E-state index is 12.4. The Morgan fingerprint density at radius 3 is 2.73 bits per heavy atom. The van der Waals surface area contributed by atoms with Gasteiger partial charge in [-0.25, -0.2) is 4.99 Å². The molecule has 0 saturated carbocycles. The molecular weight excluding hydrogens is 336 g/mol. The van der Waals surface area contributed by atoms with Gasteiger partial charge in [0.1, 0.15) is 17.3 Å². The van der Waals surface area contributed by atoms with Crippen LogP contribution in [0.1, 0.15) is 36.5 Å².